The molecule has 1 aliphatic heterocycles. The maximum atomic E-state index is 14.8. The van der Waals surface area contributed by atoms with E-state index in [2.05, 4.69) is 4.74 Å². The smallest absolute Gasteiger partial charge is 0.379 e. The van der Waals surface area contributed by atoms with Crippen molar-refractivity contribution in [1.82, 2.24) is 4.90 Å². The van der Waals surface area contributed by atoms with Gasteiger partial charge in [0.1, 0.15) is 0 Å². The zero-order valence-electron chi connectivity index (χ0n) is 16.3. The third kappa shape index (κ3) is 4.67. The van der Waals surface area contributed by atoms with Crippen molar-refractivity contribution in [2.75, 3.05) is 26.3 Å². The highest BCUT2D eigenvalue weighted by Gasteiger charge is 2.98. The van der Waals surface area contributed by atoms with Crippen LogP contribution in [0.4, 0.5) is 83.4 Å². The lowest BCUT2D eigenvalue weighted by Crippen LogP contribution is -2.84. The summed E-state index contributed by atoms with van der Waals surface area (Å²) in [5.41, 5.74) is -8.85. The summed E-state index contributed by atoms with van der Waals surface area (Å²) in [4.78, 5) is -1.31. The van der Waals surface area contributed by atoms with Gasteiger partial charge in [0.25, 0.3) is 11.4 Å². The average Bonchev–Trinajstić information content (AvgIpc) is 2.69. The molecule has 0 aromatic rings. The Morgan fingerprint density at radius 2 is 0.944 bits per heavy atom. The zero-order chi connectivity index (χ0) is 29.0. The molecule has 0 radical (unpaired) electrons. The highest BCUT2D eigenvalue weighted by atomic mass is 19.4. The van der Waals surface area contributed by atoms with Crippen molar-refractivity contribution >= 4 is 0 Å². The lowest BCUT2D eigenvalue weighted by molar-refractivity contribution is -0.520. The van der Waals surface area contributed by atoms with Gasteiger partial charge in [-0.2, -0.15) is 83.4 Å². The molecule has 0 spiro atoms. The van der Waals surface area contributed by atoms with Crippen LogP contribution in [0.25, 0.3) is 0 Å². The molecule has 0 aliphatic carbocycles. The first-order valence-corrected chi connectivity index (χ1v) is 8.43. The van der Waals surface area contributed by atoms with Crippen molar-refractivity contribution in [3.8, 4) is 0 Å². The fraction of sp³-hybridized carbons (Fsp3) is 0.857. The highest BCUT2D eigenvalue weighted by Crippen LogP contribution is 2.66. The molecular weight excluding hydrogens is 575 g/mol. The Morgan fingerprint density at radius 1 is 0.583 bits per heavy atom. The predicted octanol–water partition coefficient (Wildman–Crippen LogP) is 6.37. The highest BCUT2D eigenvalue weighted by molar-refractivity contribution is 5.22. The Labute approximate surface area is 185 Å². The molecule has 22 heteroatoms. The number of halogens is 19. The second-order valence-electron chi connectivity index (χ2n) is 6.73. The molecule has 0 bridgehead atoms. The van der Waals surface area contributed by atoms with Gasteiger partial charge in [-0.3, -0.25) is 4.74 Å². The molecule has 3 nitrogen and oxygen atoms in total. The Balaban J connectivity index is 4.33. The lowest BCUT2D eigenvalue weighted by Gasteiger charge is -2.52. The fourth-order valence-electron chi connectivity index (χ4n) is 2.78. The van der Waals surface area contributed by atoms with Crippen LogP contribution in [-0.4, -0.2) is 79.1 Å². The van der Waals surface area contributed by atoms with E-state index in [0.717, 1.165) is 0 Å². The fourth-order valence-corrected chi connectivity index (χ4v) is 2.78. The maximum Gasteiger partial charge on any atom is 0.456 e. The molecule has 0 amide bonds. The number of alkyl halides is 16. The van der Waals surface area contributed by atoms with Gasteiger partial charge in [-0.05, 0) is 0 Å². The molecule has 1 aliphatic rings. The number of morpholine rings is 1. The second kappa shape index (κ2) is 9.24. The van der Waals surface area contributed by atoms with Gasteiger partial charge < -0.3 is 4.74 Å². The summed E-state index contributed by atoms with van der Waals surface area (Å²) in [6.07, 6.45) is -28.7. The van der Waals surface area contributed by atoms with Crippen molar-refractivity contribution in [3.05, 3.63) is 11.9 Å². The van der Waals surface area contributed by atoms with Crippen molar-refractivity contribution < 1.29 is 92.9 Å². The molecule has 1 fully saturated rings. The van der Waals surface area contributed by atoms with Gasteiger partial charge in [-0.1, -0.05) is 0 Å². The van der Waals surface area contributed by atoms with Crippen LogP contribution in [-0.2, 0) is 9.47 Å². The van der Waals surface area contributed by atoms with E-state index in [1.54, 1.807) is 4.74 Å². The minimum atomic E-state index is -8.85. The van der Waals surface area contributed by atoms with E-state index in [1.807, 2.05) is 0 Å². The van der Waals surface area contributed by atoms with Crippen LogP contribution in [0.15, 0.2) is 11.9 Å². The standard InChI is InChI=1S/C14H8F19NO2/c15-5(6(16)17)7(18,19)36-8(9(20,21)12(26,27)28,10(22,23)13(29,30)31)11(24,25)14(32,33)34-1-3-35-4-2-34/h1-4H2. The summed E-state index contributed by atoms with van der Waals surface area (Å²) in [5, 5.41) is 0. The van der Waals surface area contributed by atoms with Crippen molar-refractivity contribution in [2.24, 2.45) is 0 Å². The third-order valence-corrected chi connectivity index (χ3v) is 4.53. The normalized spacial score (nSPS) is 18.4. The summed E-state index contributed by atoms with van der Waals surface area (Å²) in [7, 11) is 0. The van der Waals surface area contributed by atoms with Gasteiger partial charge in [0.15, 0.2) is 0 Å². The molecule has 1 saturated heterocycles. The van der Waals surface area contributed by atoms with Gasteiger partial charge in [0.05, 0.1) is 13.2 Å². The van der Waals surface area contributed by atoms with Crippen molar-refractivity contribution in [3.63, 3.8) is 0 Å². The molecule has 0 aromatic heterocycles. The molecule has 1 heterocycles. The molecular formula is C14H8F19NO2. The van der Waals surface area contributed by atoms with Gasteiger partial charge in [-0.25, -0.2) is 4.90 Å². The van der Waals surface area contributed by atoms with E-state index >= 15 is 0 Å². The quantitative estimate of drug-likeness (QED) is 0.245. The molecule has 0 unspecified atom stereocenters. The van der Waals surface area contributed by atoms with Crippen molar-refractivity contribution in [2.45, 2.75) is 47.9 Å². The van der Waals surface area contributed by atoms with Crippen LogP contribution in [0, 0.1) is 0 Å². The predicted molar refractivity (Wildman–Crippen MR) is 73.4 cm³/mol. The molecule has 0 atom stereocenters. The number of hydrogen-bond donors (Lipinski definition) is 0. The topological polar surface area (TPSA) is 21.7 Å². The van der Waals surface area contributed by atoms with Crippen LogP contribution in [0.2, 0.25) is 0 Å². The summed E-state index contributed by atoms with van der Waals surface area (Å²) < 4.78 is 263. The molecule has 0 saturated carbocycles. The Hall–Kier alpha value is -1.71. The van der Waals surface area contributed by atoms with E-state index in [-0.39, 0.29) is 0 Å². The average molecular weight is 583 g/mol. The summed E-state index contributed by atoms with van der Waals surface area (Å²) in [5.74, 6) is -30.8. The van der Waals surface area contributed by atoms with Crippen LogP contribution < -0.4 is 0 Å². The Morgan fingerprint density at radius 3 is 1.25 bits per heavy atom. The summed E-state index contributed by atoms with van der Waals surface area (Å²) in [6.45, 7) is -5.72. The minimum Gasteiger partial charge on any atom is -0.379 e. The first kappa shape index (κ1) is 32.3. The number of rotatable bonds is 8. The molecule has 214 valence electrons. The van der Waals surface area contributed by atoms with Gasteiger partial charge in [0.2, 0.25) is 0 Å². The van der Waals surface area contributed by atoms with Crippen LogP contribution in [0.5, 0.6) is 0 Å². The van der Waals surface area contributed by atoms with Gasteiger partial charge in [0, 0.05) is 13.1 Å². The summed E-state index contributed by atoms with van der Waals surface area (Å²) >= 11 is 0. The first-order chi connectivity index (χ1) is 15.7. The van der Waals surface area contributed by atoms with E-state index in [1.165, 1.54) is 0 Å². The van der Waals surface area contributed by atoms with Crippen molar-refractivity contribution in [1.29, 1.82) is 0 Å². The third-order valence-electron chi connectivity index (χ3n) is 4.53. The minimum absolute atomic E-state index is 1.15. The number of hydrogen-bond acceptors (Lipinski definition) is 3. The van der Waals surface area contributed by atoms with Gasteiger partial charge >= 0.3 is 48.4 Å². The van der Waals surface area contributed by atoms with E-state index in [4.69, 9.17) is 0 Å². The van der Waals surface area contributed by atoms with E-state index < -0.39 is 91.0 Å². The van der Waals surface area contributed by atoms with Gasteiger partial charge in [-0.15, -0.1) is 0 Å². The zero-order valence-corrected chi connectivity index (χ0v) is 16.3. The van der Waals surface area contributed by atoms with Crippen LogP contribution >= 0.6 is 0 Å². The summed E-state index contributed by atoms with van der Waals surface area (Å²) in [6, 6.07) is -7.08. The monoisotopic (exact) mass is 583 g/mol. The Kier molecular flexibility index (Phi) is 8.30. The molecule has 36 heavy (non-hydrogen) atoms. The number of ether oxygens (including phenoxy) is 2. The largest absolute Gasteiger partial charge is 0.456 e. The van der Waals surface area contributed by atoms with Crippen LogP contribution in [0.3, 0.4) is 0 Å². The number of nitrogens with zero attached hydrogens (tertiary/aromatic N) is 1. The van der Waals surface area contributed by atoms with E-state index in [9.17, 15) is 83.4 Å². The molecule has 1 rings (SSSR count). The maximum absolute atomic E-state index is 14.8. The SMILES string of the molecule is FC(F)=C(F)C(F)(F)OC(C(F)(F)C(F)(F)F)(C(F)(F)C(F)(F)F)C(F)(F)C(F)(F)N1CCOCC1. The Bertz CT molecular complexity index is 793. The molecule has 0 N–H and O–H groups in total. The second-order valence-corrected chi connectivity index (χ2v) is 6.73. The first-order valence-electron chi connectivity index (χ1n) is 8.43. The van der Waals surface area contributed by atoms with Crippen LogP contribution in [0.1, 0.15) is 0 Å². The lowest BCUT2D eigenvalue weighted by atomic mass is 9.78. The molecule has 0 aromatic carbocycles. The van der Waals surface area contributed by atoms with E-state index in [0.29, 0.717) is 0 Å².